The van der Waals surface area contributed by atoms with E-state index in [4.69, 9.17) is 5.11 Å². The standard InChI is InChI=1S/C10H11O/c1-9(8-11)7-10-5-3-2-4-6-10/h2-6,11H,7H2,1H3. The molecule has 0 aliphatic heterocycles. The Hall–Kier alpha value is -1.24. The molecular formula is C10H11O. The van der Waals surface area contributed by atoms with Gasteiger partial charge < -0.3 is 5.11 Å². The van der Waals surface area contributed by atoms with Crippen LogP contribution in [0.1, 0.15) is 12.5 Å². The molecule has 0 saturated carbocycles. The molecule has 0 amide bonds. The number of rotatable bonds is 2. The second-order valence-electron chi connectivity index (χ2n) is 2.55. The summed E-state index contributed by atoms with van der Waals surface area (Å²) in [7, 11) is 0. The van der Waals surface area contributed by atoms with Gasteiger partial charge in [-0.2, -0.15) is 0 Å². The van der Waals surface area contributed by atoms with Gasteiger partial charge in [-0.25, -0.2) is 0 Å². The summed E-state index contributed by atoms with van der Waals surface area (Å²) >= 11 is 0. The van der Waals surface area contributed by atoms with Crippen molar-refractivity contribution in [1.29, 1.82) is 0 Å². The van der Waals surface area contributed by atoms with Crippen molar-refractivity contribution in [3.05, 3.63) is 47.7 Å². The second-order valence-corrected chi connectivity index (χ2v) is 2.55. The summed E-state index contributed by atoms with van der Waals surface area (Å²) in [6.07, 6.45) is 2.91. The summed E-state index contributed by atoms with van der Waals surface area (Å²) in [5.74, 6) is 0. The summed E-state index contributed by atoms with van der Waals surface area (Å²) in [5.41, 5.74) is 2.06. The van der Waals surface area contributed by atoms with Crippen LogP contribution in [0.25, 0.3) is 0 Å². The summed E-state index contributed by atoms with van der Waals surface area (Å²) in [5, 5.41) is 8.51. The zero-order valence-corrected chi connectivity index (χ0v) is 6.54. The third kappa shape index (κ3) is 2.46. The summed E-state index contributed by atoms with van der Waals surface area (Å²) in [6, 6.07) is 10.0. The second kappa shape index (κ2) is 3.81. The molecule has 1 aromatic carbocycles. The van der Waals surface area contributed by atoms with E-state index in [0.29, 0.717) is 0 Å². The highest BCUT2D eigenvalue weighted by molar-refractivity contribution is 5.19. The molecule has 1 nitrogen and oxygen atoms in total. The molecule has 57 valence electrons. The van der Waals surface area contributed by atoms with Gasteiger partial charge in [0.2, 0.25) is 0 Å². The lowest BCUT2D eigenvalue weighted by molar-refractivity contribution is 0.433. The molecule has 0 bridgehead atoms. The Bertz CT molecular complexity index is 236. The van der Waals surface area contributed by atoms with E-state index >= 15 is 0 Å². The smallest absolute Gasteiger partial charge is 0.156 e. The first-order valence-electron chi connectivity index (χ1n) is 3.59. The first-order chi connectivity index (χ1) is 5.33. The van der Waals surface area contributed by atoms with E-state index in [0.717, 1.165) is 12.0 Å². The molecule has 0 spiro atoms. The van der Waals surface area contributed by atoms with Crippen molar-refractivity contribution in [2.75, 3.05) is 0 Å². The molecule has 1 rings (SSSR count). The fraction of sp³-hybridized carbons (Fsp3) is 0.200. The van der Waals surface area contributed by atoms with Crippen LogP contribution in [0, 0.1) is 6.26 Å². The predicted octanol–water partition coefficient (Wildman–Crippen LogP) is 2.49. The van der Waals surface area contributed by atoms with Crippen LogP contribution >= 0.6 is 0 Å². The van der Waals surface area contributed by atoms with Crippen molar-refractivity contribution in [2.24, 2.45) is 0 Å². The summed E-state index contributed by atoms with van der Waals surface area (Å²) < 4.78 is 0. The van der Waals surface area contributed by atoms with Gasteiger partial charge >= 0.3 is 0 Å². The fourth-order valence-electron chi connectivity index (χ4n) is 0.942. The average molecular weight is 147 g/mol. The monoisotopic (exact) mass is 147 g/mol. The number of benzene rings is 1. The Morgan fingerprint density at radius 1 is 1.36 bits per heavy atom. The van der Waals surface area contributed by atoms with Crippen molar-refractivity contribution in [1.82, 2.24) is 0 Å². The lowest BCUT2D eigenvalue weighted by atomic mass is 10.1. The van der Waals surface area contributed by atoms with Gasteiger partial charge in [0.25, 0.3) is 0 Å². The van der Waals surface area contributed by atoms with Gasteiger partial charge in [-0.15, -0.1) is 0 Å². The lowest BCUT2D eigenvalue weighted by Gasteiger charge is -1.97. The van der Waals surface area contributed by atoms with E-state index in [1.807, 2.05) is 37.3 Å². The molecule has 0 aliphatic carbocycles. The maximum absolute atomic E-state index is 8.51. The van der Waals surface area contributed by atoms with Crippen molar-refractivity contribution in [3.8, 4) is 0 Å². The molecule has 1 radical (unpaired) electrons. The van der Waals surface area contributed by atoms with Gasteiger partial charge in [-0.1, -0.05) is 30.3 Å². The third-order valence-corrected chi connectivity index (χ3v) is 1.50. The third-order valence-electron chi connectivity index (χ3n) is 1.50. The Morgan fingerprint density at radius 3 is 2.55 bits per heavy atom. The zero-order chi connectivity index (χ0) is 8.10. The van der Waals surface area contributed by atoms with Crippen LogP contribution in [0.4, 0.5) is 0 Å². The largest absolute Gasteiger partial charge is 0.504 e. The molecule has 0 aromatic heterocycles. The zero-order valence-electron chi connectivity index (χ0n) is 6.54. The molecule has 0 heterocycles. The van der Waals surface area contributed by atoms with E-state index in [2.05, 4.69) is 6.26 Å². The Balaban J connectivity index is 2.65. The van der Waals surface area contributed by atoms with Crippen molar-refractivity contribution >= 4 is 0 Å². The maximum Gasteiger partial charge on any atom is 0.156 e. The van der Waals surface area contributed by atoms with Crippen LogP contribution in [0.3, 0.4) is 0 Å². The Kier molecular flexibility index (Phi) is 2.73. The number of aliphatic hydroxyl groups is 1. The van der Waals surface area contributed by atoms with Gasteiger partial charge in [0.05, 0.1) is 0 Å². The van der Waals surface area contributed by atoms with Crippen LogP contribution in [-0.4, -0.2) is 5.11 Å². The molecule has 0 unspecified atom stereocenters. The molecule has 0 fully saturated rings. The maximum atomic E-state index is 8.51. The minimum Gasteiger partial charge on any atom is -0.504 e. The first kappa shape index (κ1) is 7.86. The van der Waals surface area contributed by atoms with Gasteiger partial charge in [0.15, 0.2) is 6.26 Å². The highest BCUT2D eigenvalue weighted by atomic mass is 16.2. The molecule has 0 atom stereocenters. The van der Waals surface area contributed by atoms with E-state index in [-0.39, 0.29) is 0 Å². The lowest BCUT2D eigenvalue weighted by Crippen LogP contribution is -1.85. The molecule has 1 heteroatoms. The first-order valence-corrected chi connectivity index (χ1v) is 3.59. The van der Waals surface area contributed by atoms with E-state index in [1.165, 1.54) is 5.56 Å². The van der Waals surface area contributed by atoms with Crippen molar-refractivity contribution < 1.29 is 5.11 Å². The van der Waals surface area contributed by atoms with Crippen molar-refractivity contribution in [2.45, 2.75) is 13.3 Å². The van der Waals surface area contributed by atoms with Gasteiger partial charge in [-0.3, -0.25) is 0 Å². The van der Waals surface area contributed by atoms with Crippen LogP contribution in [0.15, 0.2) is 35.9 Å². The van der Waals surface area contributed by atoms with Crippen LogP contribution in [0.5, 0.6) is 0 Å². The number of allylic oxidation sites excluding steroid dienone is 1. The number of aliphatic hydroxyl groups excluding tert-OH is 1. The highest BCUT2D eigenvalue weighted by Crippen LogP contribution is 2.05. The molecule has 11 heavy (non-hydrogen) atoms. The molecule has 1 aromatic rings. The van der Waals surface area contributed by atoms with Gasteiger partial charge in [0, 0.05) is 0 Å². The van der Waals surface area contributed by atoms with Gasteiger partial charge in [-0.05, 0) is 24.5 Å². The minimum atomic E-state index is 0.775. The average Bonchev–Trinajstić information content (AvgIpc) is 2.06. The Labute approximate surface area is 67.0 Å². The van der Waals surface area contributed by atoms with Crippen molar-refractivity contribution in [3.63, 3.8) is 0 Å². The summed E-state index contributed by atoms with van der Waals surface area (Å²) in [4.78, 5) is 0. The molecular weight excluding hydrogens is 136 g/mol. The highest BCUT2D eigenvalue weighted by Gasteiger charge is 1.92. The Morgan fingerprint density at radius 2 is 2.00 bits per heavy atom. The fourth-order valence-corrected chi connectivity index (χ4v) is 0.942. The predicted molar refractivity (Wildman–Crippen MR) is 45.2 cm³/mol. The van der Waals surface area contributed by atoms with E-state index in [9.17, 15) is 0 Å². The summed E-state index contributed by atoms with van der Waals surface area (Å²) in [6.45, 7) is 1.85. The number of hydrogen-bond donors (Lipinski definition) is 1. The molecule has 1 N–H and O–H groups in total. The van der Waals surface area contributed by atoms with Crippen LogP contribution in [0.2, 0.25) is 0 Å². The SMILES string of the molecule is CC(=[C]O)Cc1ccccc1. The topological polar surface area (TPSA) is 20.2 Å². The molecule has 0 saturated heterocycles. The number of hydrogen-bond acceptors (Lipinski definition) is 1. The van der Waals surface area contributed by atoms with E-state index in [1.54, 1.807) is 0 Å². The van der Waals surface area contributed by atoms with Crippen LogP contribution in [-0.2, 0) is 6.42 Å². The normalized spacial score (nSPS) is 11.5. The minimum absolute atomic E-state index is 0.775. The van der Waals surface area contributed by atoms with Gasteiger partial charge in [0.1, 0.15) is 0 Å². The quantitative estimate of drug-likeness (QED) is 0.637. The van der Waals surface area contributed by atoms with Crippen LogP contribution < -0.4 is 0 Å². The van der Waals surface area contributed by atoms with E-state index < -0.39 is 0 Å². The molecule has 0 aliphatic rings.